The van der Waals surface area contributed by atoms with Gasteiger partial charge < -0.3 is 38.7 Å². The summed E-state index contributed by atoms with van der Waals surface area (Å²) < 4.78 is 29.6. The van der Waals surface area contributed by atoms with Gasteiger partial charge >= 0.3 is 17.9 Å². The predicted molar refractivity (Wildman–Crippen MR) is 139 cm³/mol. The molecule has 0 spiro atoms. The van der Waals surface area contributed by atoms with Gasteiger partial charge in [0.25, 0.3) is 0 Å². The van der Waals surface area contributed by atoms with Gasteiger partial charge in [0.15, 0.2) is 11.7 Å². The Morgan fingerprint density at radius 1 is 1.02 bits per heavy atom. The maximum atomic E-state index is 12.4. The highest BCUT2D eigenvalue weighted by atomic mass is 35.5. The van der Waals surface area contributed by atoms with Crippen LogP contribution in [0, 0.1) is 5.92 Å². The molecule has 2 bridgehead atoms. The lowest BCUT2D eigenvalue weighted by Crippen LogP contribution is -2.68. The van der Waals surface area contributed by atoms with Crippen molar-refractivity contribution in [3.8, 4) is 5.75 Å². The van der Waals surface area contributed by atoms with E-state index < -0.39 is 65.9 Å². The number of benzene rings is 2. The molecule has 0 radical (unpaired) electrons. The van der Waals surface area contributed by atoms with E-state index in [1.165, 1.54) is 26.0 Å². The lowest BCUT2D eigenvalue weighted by Gasteiger charge is -2.51. The molecule has 0 saturated carbocycles. The minimum absolute atomic E-state index is 0.103. The number of fused-ring (bicyclic) bond motifs is 2. The second kappa shape index (κ2) is 11.7. The van der Waals surface area contributed by atoms with Crippen LogP contribution in [0.4, 0.5) is 0 Å². The maximum absolute atomic E-state index is 12.4. The highest BCUT2D eigenvalue weighted by Crippen LogP contribution is 2.56. The molecule has 2 aliphatic heterocycles. The van der Waals surface area contributed by atoms with Crippen molar-refractivity contribution in [3.05, 3.63) is 64.2 Å². The molecule has 220 valence electrons. The number of aliphatic carboxylic acids is 1. The molecule has 0 amide bonds. The van der Waals surface area contributed by atoms with Crippen LogP contribution in [0.25, 0.3) is 0 Å². The molecule has 4 rings (SSSR count). The highest BCUT2D eigenvalue weighted by molar-refractivity contribution is 6.31. The number of esters is 3. The molecule has 41 heavy (non-hydrogen) atoms. The van der Waals surface area contributed by atoms with Crippen LogP contribution in [0.1, 0.15) is 50.8 Å². The second-order valence-electron chi connectivity index (χ2n) is 10.2. The molecular weight excluding hydrogens is 560 g/mol. The Morgan fingerprint density at radius 2 is 1.66 bits per heavy atom. The van der Waals surface area contributed by atoms with Crippen molar-refractivity contribution >= 4 is 35.5 Å². The smallest absolute Gasteiger partial charge is 0.303 e. The third kappa shape index (κ3) is 6.02. The second-order valence-corrected chi connectivity index (χ2v) is 10.6. The van der Waals surface area contributed by atoms with Gasteiger partial charge in [0.1, 0.15) is 18.0 Å². The number of carbonyl (C=O) groups excluding carboxylic acids is 4. The van der Waals surface area contributed by atoms with E-state index in [-0.39, 0.29) is 12.4 Å². The molecule has 2 aromatic rings. The normalized spacial score (nSPS) is 27.5. The first-order chi connectivity index (χ1) is 19.3. The third-order valence-corrected chi connectivity index (χ3v) is 7.65. The number of hydrogen-bond acceptors (Lipinski definition) is 11. The zero-order valence-corrected chi connectivity index (χ0v) is 23.6. The number of phenols is 1. The van der Waals surface area contributed by atoms with Crippen molar-refractivity contribution in [2.75, 3.05) is 6.61 Å². The average Bonchev–Trinajstić information content (AvgIpc) is 3.25. The Balaban J connectivity index is 1.90. The first kappa shape index (κ1) is 30.3. The zero-order chi connectivity index (χ0) is 30.1. The van der Waals surface area contributed by atoms with E-state index in [0.29, 0.717) is 22.6 Å². The molecule has 0 aromatic heterocycles. The fourth-order valence-corrected chi connectivity index (χ4v) is 5.79. The van der Waals surface area contributed by atoms with Crippen LogP contribution in [0.15, 0.2) is 42.5 Å². The number of carboxylic acid groups (broad SMARTS) is 1. The van der Waals surface area contributed by atoms with E-state index in [1.807, 2.05) is 0 Å². The van der Waals surface area contributed by atoms with Gasteiger partial charge in [-0.05, 0) is 55.2 Å². The molecule has 1 unspecified atom stereocenters. The van der Waals surface area contributed by atoms with Crippen LogP contribution in [-0.2, 0) is 55.1 Å². The van der Waals surface area contributed by atoms with Crippen molar-refractivity contribution < 1.29 is 53.1 Å². The summed E-state index contributed by atoms with van der Waals surface area (Å²) >= 11 is 6.53. The Morgan fingerprint density at radius 3 is 2.24 bits per heavy atom. The van der Waals surface area contributed by atoms with E-state index >= 15 is 0 Å². The van der Waals surface area contributed by atoms with Crippen molar-refractivity contribution in [2.24, 2.45) is 5.92 Å². The first-order valence-corrected chi connectivity index (χ1v) is 13.3. The Labute approximate surface area is 241 Å². The summed E-state index contributed by atoms with van der Waals surface area (Å²) in [5.41, 5.74) is 0.117. The molecular formula is C29H30ClO11-. The highest BCUT2D eigenvalue weighted by Gasteiger charge is 2.72. The van der Waals surface area contributed by atoms with Crippen LogP contribution < -0.4 is 5.11 Å². The number of carbonyl (C=O) groups is 4. The minimum atomic E-state index is -1.90. The topological polar surface area (TPSA) is 158 Å². The summed E-state index contributed by atoms with van der Waals surface area (Å²) in [5, 5.41) is 22.0. The number of hydrogen-bond donors (Lipinski definition) is 1. The fraction of sp³-hybridized carbons (Fsp3) is 0.448. The van der Waals surface area contributed by atoms with Crippen LogP contribution in [0.3, 0.4) is 0 Å². The summed E-state index contributed by atoms with van der Waals surface area (Å²) in [4.78, 5) is 48.5. The first-order valence-electron chi connectivity index (χ1n) is 12.9. The number of carboxylic acids is 1. The quantitative estimate of drug-likeness (QED) is 0.337. The summed E-state index contributed by atoms with van der Waals surface area (Å²) in [6.45, 7) is 4.66. The van der Waals surface area contributed by atoms with Crippen LogP contribution in [0.2, 0.25) is 5.02 Å². The minimum Gasteiger partial charge on any atom is -0.550 e. The van der Waals surface area contributed by atoms with Crippen molar-refractivity contribution in [1.82, 2.24) is 0 Å². The zero-order valence-electron chi connectivity index (χ0n) is 22.9. The van der Waals surface area contributed by atoms with Crippen LogP contribution in [-0.4, -0.2) is 59.5 Å². The van der Waals surface area contributed by atoms with Gasteiger partial charge in [-0.3, -0.25) is 14.4 Å². The predicted octanol–water partition coefficient (Wildman–Crippen LogP) is 2.16. The van der Waals surface area contributed by atoms with Gasteiger partial charge in [-0.15, -0.1) is 0 Å². The van der Waals surface area contributed by atoms with E-state index in [4.69, 9.17) is 35.3 Å². The van der Waals surface area contributed by atoms with Gasteiger partial charge in [0.2, 0.25) is 5.79 Å². The number of aromatic hydroxyl groups is 1. The van der Waals surface area contributed by atoms with Gasteiger partial charge in [0, 0.05) is 43.2 Å². The molecule has 1 N–H and O–H groups in total. The number of ether oxygens (including phenoxy) is 5. The summed E-state index contributed by atoms with van der Waals surface area (Å²) in [7, 11) is 0. The number of rotatable bonds is 9. The third-order valence-electron chi connectivity index (χ3n) is 7.29. The van der Waals surface area contributed by atoms with E-state index in [1.54, 1.807) is 30.3 Å². The SMILES string of the molecule is CC(=O)OC(C)[C@@]12CO[C@@](c3ccc(Cl)c(Cc4ccc(O)cc4)c3)(O1)[C@H](OC(C)=O)[C@@H](CC(=O)[O-])[C@@H]2OC(C)=O. The molecule has 12 heteroatoms. The largest absolute Gasteiger partial charge is 0.550 e. The summed E-state index contributed by atoms with van der Waals surface area (Å²) in [5.74, 6) is -6.71. The standard InChI is InChI=1S/C29H31ClO11/c1-15(38-16(2)31)28-14-37-29(41-28,27(40-18(4)33)23(13-25(35)36)26(28)39-17(3)32)21-7-10-24(30)20(12-21)11-19-5-8-22(34)9-6-19/h5-10,12,15,23,26-27,34H,11,13-14H2,1-4H3,(H,35,36)/p-1/t15?,23-,26-,27+,28+,29-/m0/s1. The maximum Gasteiger partial charge on any atom is 0.303 e. The monoisotopic (exact) mass is 589 g/mol. The van der Waals surface area contributed by atoms with Crippen LogP contribution >= 0.6 is 11.6 Å². The van der Waals surface area contributed by atoms with Crippen molar-refractivity contribution in [1.29, 1.82) is 0 Å². The molecule has 2 heterocycles. The summed E-state index contributed by atoms with van der Waals surface area (Å²) in [6.07, 6.45) is -4.24. The molecule has 0 aliphatic carbocycles. The molecule has 2 aliphatic rings. The lowest BCUT2D eigenvalue weighted by molar-refractivity contribution is -0.340. The van der Waals surface area contributed by atoms with Crippen molar-refractivity contribution in [3.63, 3.8) is 0 Å². The molecule has 6 atom stereocenters. The molecule has 11 nitrogen and oxygen atoms in total. The number of phenolic OH excluding ortho intramolecular Hbond substituents is 1. The molecule has 2 saturated heterocycles. The van der Waals surface area contributed by atoms with Crippen molar-refractivity contribution in [2.45, 2.75) is 70.2 Å². The van der Waals surface area contributed by atoms with E-state index in [0.717, 1.165) is 19.4 Å². The Hall–Kier alpha value is -3.67. The van der Waals surface area contributed by atoms with Gasteiger partial charge in [0.05, 0.1) is 6.61 Å². The average molecular weight is 590 g/mol. The number of halogens is 1. The Kier molecular flexibility index (Phi) is 8.62. The van der Waals surface area contributed by atoms with E-state index in [2.05, 4.69) is 0 Å². The van der Waals surface area contributed by atoms with Gasteiger partial charge in [-0.2, -0.15) is 0 Å². The van der Waals surface area contributed by atoms with Crippen LogP contribution in [0.5, 0.6) is 5.75 Å². The van der Waals surface area contributed by atoms with Gasteiger partial charge in [-0.25, -0.2) is 0 Å². The van der Waals surface area contributed by atoms with Gasteiger partial charge in [-0.1, -0.05) is 29.8 Å². The van der Waals surface area contributed by atoms with E-state index in [9.17, 15) is 29.4 Å². The summed E-state index contributed by atoms with van der Waals surface area (Å²) in [6, 6.07) is 11.4. The molecule has 2 fully saturated rings. The lowest BCUT2D eigenvalue weighted by atomic mass is 9.73. The fourth-order valence-electron chi connectivity index (χ4n) is 5.61. The Bertz CT molecular complexity index is 1340. The molecule has 2 aromatic carbocycles.